The van der Waals surface area contributed by atoms with Gasteiger partial charge in [0.1, 0.15) is 5.82 Å². The number of carbonyl (C=O) groups excluding carboxylic acids is 1. The summed E-state index contributed by atoms with van der Waals surface area (Å²) in [6.07, 6.45) is 0.185. The zero-order chi connectivity index (χ0) is 15.0. The molecule has 2 heterocycles. The van der Waals surface area contributed by atoms with Crippen molar-refractivity contribution in [3.8, 4) is 0 Å². The number of fused-ring (bicyclic) bond motifs is 1. The van der Waals surface area contributed by atoms with Crippen molar-refractivity contribution in [1.29, 1.82) is 0 Å². The molecule has 1 saturated heterocycles. The van der Waals surface area contributed by atoms with Gasteiger partial charge in [-0.2, -0.15) is 0 Å². The molecule has 0 radical (unpaired) electrons. The standard InChI is InChI=1S/C14H15N3O3S/c15-21(19,20)9-10-7-14(18)17(8-10)13-6-5-11-3-1-2-4-12(11)16-13/h1-6,10H,7-9H2,(H2,15,19,20). The SMILES string of the molecule is NS(=O)(=O)CC1CC(=O)N(c2ccc3ccccc3n2)C1. The molecule has 1 aliphatic heterocycles. The van der Waals surface area contributed by atoms with E-state index in [1.54, 1.807) is 6.07 Å². The monoisotopic (exact) mass is 305 g/mol. The number of aromatic nitrogens is 1. The molecular weight excluding hydrogens is 290 g/mol. The number of primary sulfonamides is 1. The van der Waals surface area contributed by atoms with E-state index in [1.807, 2.05) is 30.3 Å². The van der Waals surface area contributed by atoms with Gasteiger partial charge in [0.25, 0.3) is 0 Å². The van der Waals surface area contributed by atoms with Crippen LogP contribution in [0.15, 0.2) is 36.4 Å². The average molecular weight is 305 g/mol. The van der Waals surface area contributed by atoms with Crippen LogP contribution in [0.3, 0.4) is 0 Å². The first kappa shape index (κ1) is 14.0. The van der Waals surface area contributed by atoms with Crippen LogP contribution in [-0.2, 0) is 14.8 Å². The lowest BCUT2D eigenvalue weighted by Crippen LogP contribution is -2.28. The highest BCUT2D eigenvalue weighted by molar-refractivity contribution is 7.89. The van der Waals surface area contributed by atoms with Gasteiger partial charge in [-0.05, 0) is 18.2 Å². The second-order valence-corrected chi connectivity index (χ2v) is 6.93. The molecule has 1 amide bonds. The smallest absolute Gasteiger partial charge is 0.228 e. The van der Waals surface area contributed by atoms with Gasteiger partial charge in [0.15, 0.2) is 0 Å². The number of nitrogens with two attached hydrogens (primary N) is 1. The van der Waals surface area contributed by atoms with E-state index in [4.69, 9.17) is 5.14 Å². The minimum absolute atomic E-state index is 0.119. The van der Waals surface area contributed by atoms with Crippen molar-refractivity contribution < 1.29 is 13.2 Å². The Morgan fingerprint density at radius 3 is 2.76 bits per heavy atom. The Hall–Kier alpha value is -1.99. The molecular formula is C14H15N3O3S. The van der Waals surface area contributed by atoms with Crippen molar-refractivity contribution in [2.45, 2.75) is 6.42 Å². The number of rotatable bonds is 3. The summed E-state index contributed by atoms with van der Waals surface area (Å²) in [5, 5.41) is 6.04. The minimum atomic E-state index is -3.57. The third kappa shape index (κ3) is 3.03. The lowest BCUT2D eigenvalue weighted by atomic mass is 10.1. The van der Waals surface area contributed by atoms with E-state index in [0.29, 0.717) is 12.4 Å². The Labute approximate surface area is 122 Å². The summed E-state index contributed by atoms with van der Waals surface area (Å²) in [6.45, 7) is 0.334. The maximum Gasteiger partial charge on any atom is 0.228 e. The number of hydrogen-bond acceptors (Lipinski definition) is 4. The van der Waals surface area contributed by atoms with E-state index in [2.05, 4.69) is 4.98 Å². The molecule has 1 atom stereocenters. The molecule has 7 heteroatoms. The van der Waals surface area contributed by atoms with Gasteiger partial charge in [0, 0.05) is 24.3 Å². The highest BCUT2D eigenvalue weighted by atomic mass is 32.2. The molecule has 0 aliphatic carbocycles. The number of anilines is 1. The van der Waals surface area contributed by atoms with Gasteiger partial charge in [-0.25, -0.2) is 18.5 Å². The molecule has 0 saturated carbocycles. The van der Waals surface area contributed by atoms with E-state index in [9.17, 15) is 13.2 Å². The average Bonchev–Trinajstić information content (AvgIpc) is 2.76. The molecule has 0 spiro atoms. The number of hydrogen-bond donors (Lipinski definition) is 1. The second-order valence-electron chi connectivity index (χ2n) is 5.27. The fourth-order valence-corrected chi connectivity index (χ4v) is 3.53. The summed E-state index contributed by atoms with van der Waals surface area (Å²) in [4.78, 5) is 18.1. The Morgan fingerprint density at radius 2 is 2.00 bits per heavy atom. The molecule has 110 valence electrons. The van der Waals surface area contributed by atoms with Crippen molar-refractivity contribution in [1.82, 2.24) is 4.98 Å². The first-order valence-corrected chi connectivity index (χ1v) is 8.30. The highest BCUT2D eigenvalue weighted by Crippen LogP contribution is 2.26. The summed E-state index contributed by atoms with van der Waals surface area (Å²) in [5.41, 5.74) is 0.803. The molecule has 1 aromatic heterocycles. The van der Waals surface area contributed by atoms with Gasteiger partial charge in [-0.15, -0.1) is 0 Å². The van der Waals surface area contributed by atoms with Crippen molar-refractivity contribution in [3.05, 3.63) is 36.4 Å². The van der Waals surface area contributed by atoms with Crippen LogP contribution in [0.25, 0.3) is 10.9 Å². The number of sulfonamides is 1. The predicted molar refractivity (Wildman–Crippen MR) is 80.2 cm³/mol. The van der Waals surface area contributed by atoms with Crippen molar-refractivity contribution in [2.24, 2.45) is 11.1 Å². The molecule has 3 rings (SSSR count). The molecule has 2 N–H and O–H groups in total. The van der Waals surface area contributed by atoms with Crippen LogP contribution in [-0.4, -0.2) is 31.6 Å². The van der Waals surface area contributed by atoms with Crippen LogP contribution < -0.4 is 10.0 Å². The third-order valence-electron chi connectivity index (χ3n) is 3.53. The van der Waals surface area contributed by atoms with Crippen LogP contribution in [0.4, 0.5) is 5.82 Å². The zero-order valence-electron chi connectivity index (χ0n) is 11.3. The molecule has 6 nitrogen and oxygen atoms in total. The zero-order valence-corrected chi connectivity index (χ0v) is 12.1. The van der Waals surface area contributed by atoms with Gasteiger partial charge in [-0.1, -0.05) is 18.2 Å². The first-order chi connectivity index (χ1) is 9.92. The normalized spacial score (nSPS) is 19.4. The van der Waals surface area contributed by atoms with Crippen molar-refractivity contribution in [3.63, 3.8) is 0 Å². The summed E-state index contributed by atoms with van der Waals surface area (Å²) in [5.74, 6) is -0.0224. The Morgan fingerprint density at radius 1 is 1.24 bits per heavy atom. The third-order valence-corrected chi connectivity index (χ3v) is 4.47. The van der Waals surface area contributed by atoms with Crippen molar-refractivity contribution >= 4 is 32.7 Å². The highest BCUT2D eigenvalue weighted by Gasteiger charge is 2.33. The Bertz CT molecular complexity index is 804. The molecule has 1 unspecified atom stereocenters. The van der Waals surface area contributed by atoms with E-state index in [-0.39, 0.29) is 24.0 Å². The van der Waals surface area contributed by atoms with Gasteiger partial charge in [0.2, 0.25) is 15.9 Å². The maximum absolute atomic E-state index is 12.1. The van der Waals surface area contributed by atoms with Crippen molar-refractivity contribution in [2.75, 3.05) is 17.2 Å². The number of pyridine rings is 1. The van der Waals surface area contributed by atoms with Gasteiger partial charge in [0.05, 0.1) is 11.3 Å². The molecule has 2 aromatic rings. The lowest BCUT2D eigenvalue weighted by molar-refractivity contribution is -0.117. The van der Waals surface area contributed by atoms with Gasteiger partial charge < -0.3 is 0 Å². The molecule has 1 aliphatic rings. The molecule has 1 aromatic carbocycles. The Balaban J connectivity index is 1.87. The predicted octanol–water partition coefficient (Wildman–Crippen LogP) is 0.876. The number of benzene rings is 1. The minimum Gasteiger partial charge on any atom is -0.296 e. The molecule has 21 heavy (non-hydrogen) atoms. The van der Waals surface area contributed by atoms with Crippen LogP contribution in [0.2, 0.25) is 0 Å². The van der Waals surface area contributed by atoms with E-state index in [1.165, 1.54) is 4.90 Å². The number of carbonyl (C=O) groups is 1. The van der Waals surface area contributed by atoms with E-state index >= 15 is 0 Å². The van der Waals surface area contributed by atoms with Crippen LogP contribution >= 0.6 is 0 Å². The summed E-state index contributed by atoms with van der Waals surface area (Å²) >= 11 is 0. The van der Waals surface area contributed by atoms with Crippen LogP contribution in [0.1, 0.15) is 6.42 Å². The Kier molecular flexibility index (Phi) is 3.38. The number of amides is 1. The first-order valence-electron chi connectivity index (χ1n) is 6.59. The molecule has 0 bridgehead atoms. The summed E-state index contributed by atoms with van der Waals surface area (Å²) < 4.78 is 22.3. The quantitative estimate of drug-likeness (QED) is 0.910. The second kappa shape index (κ2) is 5.09. The van der Waals surface area contributed by atoms with Gasteiger partial charge >= 0.3 is 0 Å². The lowest BCUT2D eigenvalue weighted by Gasteiger charge is -2.16. The van der Waals surface area contributed by atoms with Crippen LogP contribution in [0, 0.1) is 5.92 Å². The van der Waals surface area contributed by atoms with Gasteiger partial charge in [-0.3, -0.25) is 9.69 Å². The van der Waals surface area contributed by atoms with Crippen LogP contribution in [0.5, 0.6) is 0 Å². The topological polar surface area (TPSA) is 93.4 Å². The number of nitrogens with zero attached hydrogens (tertiary/aromatic N) is 2. The number of para-hydroxylation sites is 1. The fraction of sp³-hybridized carbons (Fsp3) is 0.286. The van der Waals surface area contributed by atoms with E-state index < -0.39 is 10.0 Å². The molecule has 1 fully saturated rings. The maximum atomic E-state index is 12.1. The van der Waals surface area contributed by atoms with E-state index in [0.717, 1.165) is 10.9 Å². The largest absolute Gasteiger partial charge is 0.296 e. The summed E-state index contributed by atoms with van der Waals surface area (Å²) in [7, 11) is -3.57. The summed E-state index contributed by atoms with van der Waals surface area (Å²) in [6, 6.07) is 11.3. The fourth-order valence-electron chi connectivity index (χ4n) is 2.65.